The number of hydrogen-bond donors (Lipinski definition) is 1. The minimum atomic E-state index is 0.525. The van der Waals surface area contributed by atoms with Gasteiger partial charge in [0.1, 0.15) is 12.4 Å². The molecular formula is C17H28N2O. The summed E-state index contributed by atoms with van der Waals surface area (Å²) in [6, 6.07) is 8.28. The summed E-state index contributed by atoms with van der Waals surface area (Å²) in [5, 5.41) is 3.18. The second-order valence-corrected chi connectivity index (χ2v) is 6.49. The van der Waals surface area contributed by atoms with E-state index in [0.29, 0.717) is 5.41 Å². The predicted molar refractivity (Wildman–Crippen MR) is 84.2 cm³/mol. The molecule has 0 bridgehead atoms. The Kier molecular flexibility index (Phi) is 5.44. The van der Waals surface area contributed by atoms with Crippen LogP contribution in [-0.2, 0) is 6.54 Å². The van der Waals surface area contributed by atoms with E-state index in [1.165, 1.54) is 31.5 Å². The minimum absolute atomic E-state index is 0.525. The van der Waals surface area contributed by atoms with Crippen molar-refractivity contribution in [2.45, 2.75) is 33.2 Å². The molecule has 0 aromatic heterocycles. The molecule has 1 saturated heterocycles. The van der Waals surface area contributed by atoms with Crippen molar-refractivity contribution in [1.82, 2.24) is 10.2 Å². The summed E-state index contributed by atoms with van der Waals surface area (Å²) < 4.78 is 5.96. The van der Waals surface area contributed by atoms with Crippen molar-refractivity contribution in [1.29, 1.82) is 0 Å². The molecule has 0 radical (unpaired) electrons. The van der Waals surface area contributed by atoms with Gasteiger partial charge >= 0.3 is 0 Å². The lowest BCUT2D eigenvalue weighted by Crippen LogP contribution is -2.39. The number of nitrogens with zero attached hydrogens (tertiary/aromatic N) is 1. The molecule has 112 valence electrons. The molecule has 2 rings (SSSR count). The van der Waals surface area contributed by atoms with Crippen LogP contribution in [0.4, 0.5) is 0 Å². The van der Waals surface area contributed by atoms with E-state index in [4.69, 9.17) is 4.74 Å². The van der Waals surface area contributed by atoms with Crippen LogP contribution in [0.1, 0.15) is 32.3 Å². The lowest BCUT2D eigenvalue weighted by molar-refractivity contribution is 0.116. The van der Waals surface area contributed by atoms with E-state index in [1.54, 1.807) is 0 Å². The van der Waals surface area contributed by atoms with Crippen LogP contribution in [0.5, 0.6) is 5.75 Å². The third-order valence-electron chi connectivity index (χ3n) is 4.21. The normalized spacial score (nSPS) is 18.9. The predicted octanol–water partition coefficient (Wildman–Crippen LogP) is 2.91. The van der Waals surface area contributed by atoms with Gasteiger partial charge in [0.05, 0.1) is 0 Å². The summed E-state index contributed by atoms with van der Waals surface area (Å²) in [6.45, 7) is 9.81. The van der Waals surface area contributed by atoms with E-state index < -0.39 is 0 Å². The molecular weight excluding hydrogens is 248 g/mol. The van der Waals surface area contributed by atoms with Gasteiger partial charge in [-0.3, -0.25) is 4.90 Å². The molecule has 3 heteroatoms. The fourth-order valence-electron chi connectivity index (χ4n) is 2.65. The Morgan fingerprint density at radius 3 is 2.60 bits per heavy atom. The summed E-state index contributed by atoms with van der Waals surface area (Å²) in [6.07, 6.45) is 2.59. The van der Waals surface area contributed by atoms with Crippen LogP contribution < -0.4 is 10.1 Å². The first-order valence-electron chi connectivity index (χ1n) is 7.68. The van der Waals surface area contributed by atoms with E-state index >= 15 is 0 Å². The number of para-hydroxylation sites is 1. The second-order valence-electron chi connectivity index (χ2n) is 6.49. The molecule has 20 heavy (non-hydrogen) atoms. The molecule has 3 nitrogen and oxygen atoms in total. The Balaban J connectivity index is 1.76. The largest absolute Gasteiger partial charge is 0.492 e. The molecule has 1 aliphatic rings. The van der Waals surface area contributed by atoms with Crippen molar-refractivity contribution in [2.24, 2.45) is 5.41 Å². The van der Waals surface area contributed by atoms with E-state index in [-0.39, 0.29) is 0 Å². The Labute approximate surface area is 123 Å². The maximum Gasteiger partial charge on any atom is 0.123 e. The van der Waals surface area contributed by atoms with Crippen molar-refractivity contribution >= 4 is 0 Å². The molecule has 0 spiro atoms. The number of nitrogens with one attached hydrogen (secondary N) is 1. The van der Waals surface area contributed by atoms with Crippen LogP contribution in [0.15, 0.2) is 24.3 Å². The first kappa shape index (κ1) is 15.3. The lowest BCUT2D eigenvalue weighted by atomic mass is 9.83. The first-order valence-corrected chi connectivity index (χ1v) is 7.68. The number of benzene rings is 1. The highest BCUT2D eigenvalue weighted by atomic mass is 16.5. The summed E-state index contributed by atoms with van der Waals surface area (Å²) in [5.41, 5.74) is 1.76. The zero-order chi connectivity index (χ0) is 14.4. The molecule has 0 amide bonds. The van der Waals surface area contributed by atoms with Crippen molar-refractivity contribution in [3.05, 3.63) is 29.8 Å². The Morgan fingerprint density at radius 1 is 1.20 bits per heavy atom. The standard InChI is InChI=1S/C17H28N2O/c1-17(2)8-10-19(11-9-17)12-13-20-16-7-5-4-6-15(16)14-18-3/h4-7,18H,8-14H2,1-3H3. The molecule has 1 heterocycles. The third kappa shape index (κ3) is 4.50. The fraction of sp³-hybridized carbons (Fsp3) is 0.647. The monoisotopic (exact) mass is 276 g/mol. The van der Waals surface area contributed by atoms with Crippen LogP contribution in [0.2, 0.25) is 0 Å². The van der Waals surface area contributed by atoms with Gasteiger partial charge in [-0.2, -0.15) is 0 Å². The highest BCUT2D eigenvalue weighted by Gasteiger charge is 2.24. The summed E-state index contributed by atoms with van der Waals surface area (Å²) in [7, 11) is 1.96. The SMILES string of the molecule is CNCc1ccccc1OCCN1CCC(C)(C)CC1. The molecule has 1 N–H and O–H groups in total. The van der Waals surface area contributed by atoms with E-state index in [1.807, 2.05) is 13.1 Å². The van der Waals surface area contributed by atoms with Gasteiger partial charge < -0.3 is 10.1 Å². The van der Waals surface area contributed by atoms with Gasteiger partial charge in [0.25, 0.3) is 0 Å². The van der Waals surface area contributed by atoms with Crippen LogP contribution in [0, 0.1) is 5.41 Å². The van der Waals surface area contributed by atoms with E-state index in [9.17, 15) is 0 Å². The van der Waals surface area contributed by atoms with Gasteiger partial charge in [-0.1, -0.05) is 32.0 Å². The van der Waals surface area contributed by atoms with Crippen LogP contribution in [-0.4, -0.2) is 38.2 Å². The van der Waals surface area contributed by atoms with Crippen molar-refractivity contribution in [2.75, 3.05) is 33.3 Å². The number of rotatable bonds is 6. The van der Waals surface area contributed by atoms with Gasteiger partial charge in [-0.05, 0) is 44.5 Å². The quantitative estimate of drug-likeness (QED) is 0.864. The van der Waals surface area contributed by atoms with E-state index in [0.717, 1.165) is 25.4 Å². The Morgan fingerprint density at radius 2 is 1.90 bits per heavy atom. The van der Waals surface area contributed by atoms with E-state index in [2.05, 4.69) is 42.3 Å². The molecule has 0 aliphatic carbocycles. The van der Waals surface area contributed by atoms with Crippen LogP contribution in [0.25, 0.3) is 0 Å². The molecule has 0 atom stereocenters. The van der Waals surface area contributed by atoms with Crippen molar-refractivity contribution < 1.29 is 4.74 Å². The smallest absolute Gasteiger partial charge is 0.123 e. The van der Waals surface area contributed by atoms with Crippen molar-refractivity contribution in [3.8, 4) is 5.75 Å². The maximum absolute atomic E-state index is 5.96. The average molecular weight is 276 g/mol. The molecule has 1 fully saturated rings. The minimum Gasteiger partial charge on any atom is -0.492 e. The topological polar surface area (TPSA) is 24.5 Å². The van der Waals surface area contributed by atoms with Crippen LogP contribution in [0.3, 0.4) is 0 Å². The molecule has 0 saturated carbocycles. The summed E-state index contributed by atoms with van der Waals surface area (Å²) in [5.74, 6) is 1.01. The second kappa shape index (κ2) is 7.09. The van der Waals surface area contributed by atoms with Gasteiger partial charge in [0.15, 0.2) is 0 Å². The van der Waals surface area contributed by atoms with Gasteiger partial charge in [0.2, 0.25) is 0 Å². The zero-order valence-electron chi connectivity index (χ0n) is 13.1. The maximum atomic E-state index is 5.96. The first-order chi connectivity index (χ1) is 9.61. The molecule has 0 unspecified atom stereocenters. The molecule has 1 aliphatic heterocycles. The molecule has 1 aromatic rings. The summed E-state index contributed by atoms with van der Waals surface area (Å²) >= 11 is 0. The van der Waals surface area contributed by atoms with Gasteiger partial charge in [-0.25, -0.2) is 0 Å². The number of ether oxygens (including phenoxy) is 1. The number of likely N-dealkylation sites (tertiary alicyclic amines) is 1. The number of hydrogen-bond acceptors (Lipinski definition) is 3. The van der Waals surface area contributed by atoms with Crippen molar-refractivity contribution in [3.63, 3.8) is 0 Å². The Bertz CT molecular complexity index is 407. The average Bonchev–Trinajstić information content (AvgIpc) is 2.43. The molecule has 1 aromatic carbocycles. The van der Waals surface area contributed by atoms with Gasteiger partial charge in [-0.15, -0.1) is 0 Å². The lowest BCUT2D eigenvalue weighted by Gasteiger charge is -2.36. The number of piperidine rings is 1. The third-order valence-corrected chi connectivity index (χ3v) is 4.21. The fourth-order valence-corrected chi connectivity index (χ4v) is 2.65. The van der Waals surface area contributed by atoms with Crippen LogP contribution >= 0.6 is 0 Å². The van der Waals surface area contributed by atoms with Gasteiger partial charge in [0, 0.05) is 18.7 Å². The highest BCUT2D eigenvalue weighted by Crippen LogP contribution is 2.29. The zero-order valence-corrected chi connectivity index (χ0v) is 13.1. The summed E-state index contributed by atoms with van der Waals surface area (Å²) in [4.78, 5) is 2.52. The Hall–Kier alpha value is -1.06. The highest BCUT2D eigenvalue weighted by molar-refractivity contribution is 5.33.